The van der Waals surface area contributed by atoms with Gasteiger partial charge >= 0.3 is 5.97 Å². The van der Waals surface area contributed by atoms with Crippen molar-refractivity contribution >= 4 is 11.8 Å². The number of likely N-dealkylation sites (tertiary alicyclic amines) is 1. The Hall–Kier alpha value is -2.91. The highest BCUT2D eigenvalue weighted by Gasteiger charge is 2.36. The zero-order chi connectivity index (χ0) is 27.9. The number of halogens is 1. The molecule has 39 heavy (non-hydrogen) atoms. The Labute approximate surface area is 230 Å². The Balaban J connectivity index is 1.27. The van der Waals surface area contributed by atoms with E-state index in [1.54, 1.807) is 13.2 Å². The number of nitrogens with one attached hydrogen (secondary N) is 1. The maximum atomic E-state index is 14.6. The molecule has 0 aliphatic carbocycles. The molecule has 3 heterocycles. The Bertz CT molecular complexity index is 1160. The summed E-state index contributed by atoms with van der Waals surface area (Å²) in [5.41, 5.74) is 4.52. The second-order valence-electron chi connectivity index (χ2n) is 10.5. The normalized spacial score (nSPS) is 17.9. The number of carbonyl (C=O) groups is 1. The first-order valence-corrected chi connectivity index (χ1v) is 14.1. The van der Waals surface area contributed by atoms with Crippen molar-refractivity contribution in [3.05, 3.63) is 45.9 Å². The first-order chi connectivity index (χ1) is 18.9. The fourth-order valence-corrected chi connectivity index (χ4v) is 5.85. The number of carboxylic acid groups (broad SMARTS) is 1. The van der Waals surface area contributed by atoms with E-state index in [2.05, 4.69) is 12.2 Å². The minimum atomic E-state index is -1.01. The predicted molar refractivity (Wildman–Crippen MR) is 149 cm³/mol. The monoisotopic (exact) mass is 543 g/mol. The highest BCUT2D eigenvalue weighted by molar-refractivity contribution is 5.77. The number of aliphatic carboxylic acids is 1. The van der Waals surface area contributed by atoms with E-state index in [4.69, 9.17) is 19.2 Å². The molecule has 0 radical (unpaired) electrons. The summed E-state index contributed by atoms with van der Waals surface area (Å²) in [5, 5.41) is 13.5. The Morgan fingerprint density at radius 1 is 1.23 bits per heavy atom. The minimum absolute atomic E-state index is 0.000947. The molecule has 0 bridgehead atoms. The van der Waals surface area contributed by atoms with Crippen molar-refractivity contribution in [3.8, 4) is 11.5 Å². The summed E-state index contributed by atoms with van der Waals surface area (Å²) >= 11 is 0. The van der Waals surface area contributed by atoms with Crippen LogP contribution in [0.5, 0.6) is 11.5 Å². The number of hydrogen-bond acceptors (Lipinski definition) is 7. The molecule has 0 unspecified atom stereocenters. The van der Waals surface area contributed by atoms with Gasteiger partial charge in [-0.15, -0.1) is 0 Å². The quantitative estimate of drug-likeness (QED) is 0.337. The summed E-state index contributed by atoms with van der Waals surface area (Å²) in [5.74, 6) is 0.396. The van der Waals surface area contributed by atoms with Gasteiger partial charge in [0.1, 0.15) is 17.6 Å². The molecule has 2 atom stereocenters. The number of rotatable bonds is 13. The van der Waals surface area contributed by atoms with E-state index >= 15 is 0 Å². The van der Waals surface area contributed by atoms with Crippen LogP contribution in [-0.4, -0.2) is 67.5 Å². The molecule has 2 N–H and O–H groups in total. The first-order valence-electron chi connectivity index (χ1n) is 14.1. The molecule has 2 aliphatic heterocycles. The van der Waals surface area contributed by atoms with E-state index in [9.17, 15) is 14.3 Å². The molecule has 214 valence electrons. The lowest BCUT2D eigenvalue weighted by atomic mass is 9.99. The molecular formula is C30H42FN3O5. The van der Waals surface area contributed by atoms with Gasteiger partial charge in [0, 0.05) is 48.6 Å². The summed E-state index contributed by atoms with van der Waals surface area (Å²) < 4.78 is 31.7. The van der Waals surface area contributed by atoms with Crippen molar-refractivity contribution in [1.82, 2.24) is 9.88 Å². The number of aromatic nitrogens is 1. The second kappa shape index (κ2) is 13.4. The number of nitrogens with zero attached hydrogens (tertiary/aromatic N) is 2. The van der Waals surface area contributed by atoms with Gasteiger partial charge in [-0.3, -0.25) is 9.69 Å². The van der Waals surface area contributed by atoms with Gasteiger partial charge in [0.2, 0.25) is 0 Å². The Kier molecular flexibility index (Phi) is 10.0. The molecule has 1 aromatic carbocycles. The number of methoxy groups -OCH3 is 2. The van der Waals surface area contributed by atoms with Crippen LogP contribution in [0.4, 0.5) is 10.2 Å². The van der Waals surface area contributed by atoms with E-state index in [1.165, 1.54) is 18.7 Å². The van der Waals surface area contributed by atoms with E-state index in [0.29, 0.717) is 31.7 Å². The lowest BCUT2D eigenvalue weighted by Crippen LogP contribution is -2.34. The Morgan fingerprint density at radius 2 is 2.03 bits per heavy atom. The molecule has 0 saturated carbocycles. The molecule has 1 aromatic heterocycles. The maximum absolute atomic E-state index is 14.6. The number of unbranched alkanes of at least 4 members (excludes halogenated alkanes) is 2. The number of anilines is 1. The van der Waals surface area contributed by atoms with Gasteiger partial charge in [0.15, 0.2) is 11.6 Å². The van der Waals surface area contributed by atoms with Gasteiger partial charge < -0.3 is 24.6 Å². The lowest BCUT2D eigenvalue weighted by Gasteiger charge is -2.26. The molecule has 9 heteroatoms. The summed E-state index contributed by atoms with van der Waals surface area (Å²) in [6.45, 7) is 6.65. The third kappa shape index (κ3) is 6.64. The average Bonchev–Trinajstić information content (AvgIpc) is 3.38. The van der Waals surface area contributed by atoms with E-state index in [0.717, 1.165) is 79.9 Å². The van der Waals surface area contributed by atoms with Crippen molar-refractivity contribution in [2.75, 3.05) is 45.8 Å². The molecule has 8 nitrogen and oxygen atoms in total. The molecule has 0 spiro atoms. The third-order valence-electron chi connectivity index (χ3n) is 7.91. The second-order valence-corrected chi connectivity index (χ2v) is 10.5. The van der Waals surface area contributed by atoms with Crippen LogP contribution >= 0.6 is 0 Å². The van der Waals surface area contributed by atoms with Gasteiger partial charge in [-0.05, 0) is 69.6 Å². The zero-order valence-corrected chi connectivity index (χ0v) is 23.6. The number of ether oxygens (including phenoxy) is 3. The third-order valence-corrected chi connectivity index (χ3v) is 7.91. The van der Waals surface area contributed by atoms with E-state index in [1.807, 2.05) is 11.8 Å². The van der Waals surface area contributed by atoms with Crippen LogP contribution in [0.15, 0.2) is 12.1 Å². The van der Waals surface area contributed by atoms with Crippen LogP contribution in [0.1, 0.15) is 73.0 Å². The predicted octanol–water partition coefficient (Wildman–Crippen LogP) is 5.10. The van der Waals surface area contributed by atoms with E-state index < -0.39 is 17.8 Å². The SMILES string of the molecule is CCc1cc(F)c(OC)c([C@@H](C(=O)O)N2CC[C@@H](OCCCCCc3nc4c(c(OC)c3C)CCCN4)C2)c1. The van der Waals surface area contributed by atoms with Crippen LogP contribution in [-0.2, 0) is 28.8 Å². The molecule has 2 aromatic rings. The van der Waals surface area contributed by atoms with Crippen LogP contribution in [0.3, 0.4) is 0 Å². The highest BCUT2D eigenvalue weighted by atomic mass is 19.1. The molecule has 2 aliphatic rings. The van der Waals surface area contributed by atoms with E-state index in [-0.39, 0.29) is 11.9 Å². The van der Waals surface area contributed by atoms with Gasteiger partial charge in [-0.1, -0.05) is 13.3 Å². The molecule has 4 rings (SSSR count). The van der Waals surface area contributed by atoms with Crippen molar-refractivity contribution in [1.29, 1.82) is 0 Å². The molecular weight excluding hydrogens is 501 g/mol. The summed E-state index contributed by atoms with van der Waals surface area (Å²) in [6.07, 6.45) is 7.25. The molecule has 0 amide bonds. The van der Waals surface area contributed by atoms with Crippen molar-refractivity contribution < 1.29 is 28.5 Å². The minimum Gasteiger partial charge on any atom is -0.496 e. The van der Waals surface area contributed by atoms with Crippen LogP contribution in [0.25, 0.3) is 0 Å². The molecule has 1 saturated heterocycles. The average molecular weight is 544 g/mol. The fourth-order valence-electron chi connectivity index (χ4n) is 5.85. The number of fused-ring (bicyclic) bond motifs is 1. The number of benzene rings is 1. The summed E-state index contributed by atoms with van der Waals surface area (Å²) in [6, 6.07) is 2.18. The molecule has 1 fully saturated rings. The highest BCUT2D eigenvalue weighted by Crippen LogP contribution is 2.36. The lowest BCUT2D eigenvalue weighted by molar-refractivity contribution is -0.143. The van der Waals surface area contributed by atoms with Crippen molar-refractivity contribution in [3.63, 3.8) is 0 Å². The standard InChI is InChI=1S/C30H42FN3O5/c1-5-20-16-23(28(38-4)24(31)17-20)26(30(35)36)34-14-12-21(18-34)39-15-8-6-7-11-25-19(2)27(37-3)22-10-9-13-32-29(22)33-25/h16-17,21,26H,5-15,18H2,1-4H3,(H,32,33)(H,35,36)/t21-,26+/m1/s1. The number of hydrogen-bond donors (Lipinski definition) is 2. The van der Waals surface area contributed by atoms with Crippen molar-refractivity contribution in [2.24, 2.45) is 0 Å². The largest absolute Gasteiger partial charge is 0.496 e. The number of pyridine rings is 1. The zero-order valence-electron chi connectivity index (χ0n) is 23.6. The number of aryl methyl sites for hydroxylation is 2. The van der Waals surface area contributed by atoms with Gasteiger partial charge in [0.25, 0.3) is 0 Å². The summed E-state index contributed by atoms with van der Waals surface area (Å²) in [4.78, 5) is 19.0. The van der Waals surface area contributed by atoms with Gasteiger partial charge in [0.05, 0.1) is 20.3 Å². The van der Waals surface area contributed by atoms with Crippen LogP contribution < -0.4 is 14.8 Å². The van der Waals surface area contributed by atoms with Crippen LogP contribution in [0.2, 0.25) is 0 Å². The van der Waals surface area contributed by atoms with Crippen LogP contribution in [0, 0.1) is 12.7 Å². The fraction of sp³-hybridized carbons (Fsp3) is 0.600. The topological polar surface area (TPSA) is 93.2 Å². The van der Waals surface area contributed by atoms with Crippen molar-refractivity contribution in [2.45, 2.75) is 77.4 Å². The Morgan fingerprint density at radius 3 is 2.74 bits per heavy atom. The first kappa shape index (κ1) is 29.1. The van der Waals surface area contributed by atoms with Gasteiger partial charge in [-0.25, -0.2) is 9.37 Å². The smallest absolute Gasteiger partial charge is 0.325 e. The summed E-state index contributed by atoms with van der Waals surface area (Å²) in [7, 11) is 3.11. The van der Waals surface area contributed by atoms with Gasteiger partial charge in [-0.2, -0.15) is 0 Å². The number of carboxylic acids is 1. The maximum Gasteiger partial charge on any atom is 0.325 e.